The van der Waals surface area contributed by atoms with Crippen molar-refractivity contribution in [1.82, 2.24) is 25.2 Å². The quantitative estimate of drug-likeness (QED) is 0.498. The number of alkyl halides is 2. The van der Waals surface area contributed by atoms with Crippen LogP contribution in [-0.4, -0.2) is 64.8 Å². The van der Waals surface area contributed by atoms with Gasteiger partial charge in [0.25, 0.3) is 5.92 Å². The van der Waals surface area contributed by atoms with Gasteiger partial charge in [0.1, 0.15) is 5.65 Å². The lowest BCUT2D eigenvalue weighted by Gasteiger charge is -2.38. The van der Waals surface area contributed by atoms with E-state index in [1.165, 1.54) is 0 Å². The zero-order chi connectivity index (χ0) is 19.4. The van der Waals surface area contributed by atoms with Crippen molar-refractivity contribution >= 4 is 23.2 Å². The molecule has 0 amide bonds. The van der Waals surface area contributed by atoms with Gasteiger partial charge in [-0.15, -0.1) is 0 Å². The number of hydrogen-bond donors (Lipinski definition) is 4. The van der Waals surface area contributed by atoms with Crippen LogP contribution in [0.3, 0.4) is 0 Å². The summed E-state index contributed by atoms with van der Waals surface area (Å²) in [6.07, 6.45) is 2.91. The van der Waals surface area contributed by atoms with Crippen LogP contribution < -0.4 is 15.4 Å². The van der Waals surface area contributed by atoms with Crippen LogP contribution in [0, 0.1) is 5.41 Å². The second kappa shape index (κ2) is 7.87. The summed E-state index contributed by atoms with van der Waals surface area (Å²) in [7, 11) is 0. The van der Waals surface area contributed by atoms with Crippen LogP contribution in [0.5, 0.6) is 5.88 Å². The average Bonchev–Trinajstić information content (AvgIpc) is 3.07. The molecule has 3 rings (SSSR count). The number of nitrogens with one attached hydrogen (secondary N) is 4. The normalized spacial score (nSPS) is 17.2. The van der Waals surface area contributed by atoms with E-state index in [9.17, 15) is 8.78 Å². The second-order valence-corrected chi connectivity index (χ2v) is 6.33. The van der Waals surface area contributed by atoms with Crippen molar-refractivity contribution < 1.29 is 13.5 Å². The highest BCUT2D eigenvalue weighted by Crippen LogP contribution is 2.26. The number of ether oxygens (including phenoxy) is 1. The molecule has 2 aromatic rings. The molecule has 2 aromatic heterocycles. The van der Waals surface area contributed by atoms with Crippen molar-refractivity contribution in [3.05, 3.63) is 23.7 Å². The maximum absolute atomic E-state index is 12.8. The highest BCUT2D eigenvalue weighted by Gasteiger charge is 2.43. The minimum atomic E-state index is -2.56. The average molecular weight is 379 g/mol. The summed E-state index contributed by atoms with van der Waals surface area (Å²) in [6.45, 7) is 4.77. The van der Waals surface area contributed by atoms with Gasteiger partial charge >= 0.3 is 0 Å². The van der Waals surface area contributed by atoms with E-state index >= 15 is 0 Å². The molecule has 0 unspecified atom stereocenters. The van der Waals surface area contributed by atoms with Crippen molar-refractivity contribution in [2.45, 2.75) is 19.8 Å². The first-order valence-electron chi connectivity index (χ1n) is 8.72. The fraction of sp³-hybridized carbons (Fsp3) is 0.471. The number of aromatic nitrogens is 3. The molecule has 10 heteroatoms. The van der Waals surface area contributed by atoms with Gasteiger partial charge in [0.2, 0.25) is 11.8 Å². The number of anilines is 1. The molecule has 8 nitrogen and oxygen atoms in total. The van der Waals surface area contributed by atoms with Crippen molar-refractivity contribution in [2.24, 2.45) is 0 Å². The first-order chi connectivity index (χ1) is 12.9. The van der Waals surface area contributed by atoms with Gasteiger partial charge in [-0.05, 0) is 19.9 Å². The lowest BCUT2D eigenvalue weighted by atomic mass is 10.1. The topological polar surface area (TPSA) is 102 Å². The van der Waals surface area contributed by atoms with Crippen molar-refractivity contribution in [1.29, 1.82) is 5.41 Å². The molecule has 0 spiro atoms. The lowest BCUT2D eigenvalue weighted by molar-refractivity contribution is -0.129. The second-order valence-electron chi connectivity index (χ2n) is 6.33. The number of halogens is 2. The Balaban J connectivity index is 1.65. The summed E-state index contributed by atoms with van der Waals surface area (Å²) >= 11 is 0. The number of rotatable bonds is 9. The third kappa shape index (κ3) is 4.51. The van der Waals surface area contributed by atoms with Crippen molar-refractivity contribution in [3.8, 4) is 5.88 Å². The fourth-order valence-corrected chi connectivity index (χ4v) is 2.84. The standard InChI is InChI=1S/C17H23F2N7O/c1-3-27-15-12-4-5-22-14(12)24-16(25-15)23-13(8-20)11(2)21-6-7-26-9-17(18,19)10-26/h4-5,8,20-21H,3,6-7,9-10H2,1-2H3,(H2,22,23,24,25)/b13-11+,20-8?. The van der Waals surface area contributed by atoms with Crippen molar-refractivity contribution in [2.75, 3.05) is 38.1 Å². The monoisotopic (exact) mass is 379 g/mol. The number of likely N-dealkylation sites (tertiary alicyclic amines) is 1. The van der Waals surface area contributed by atoms with E-state index in [0.717, 1.165) is 11.6 Å². The molecule has 1 fully saturated rings. The summed E-state index contributed by atoms with van der Waals surface area (Å²) in [5.41, 5.74) is 1.81. The van der Waals surface area contributed by atoms with Crippen LogP contribution in [0.4, 0.5) is 14.7 Å². The molecule has 0 aliphatic carbocycles. The van der Waals surface area contributed by atoms with Crippen LogP contribution in [0.15, 0.2) is 23.7 Å². The summed E-state index contributed by atoms with van der Waals surface area (Å²) in [4.78, 5) is 13.4. The van der Waals surface area contributed by atoms with Gasteiger partial charge in [-0.25, -0.2) is 8.78 Å². The van der Waals surface area contributed by atoms with Gasteiger partial charge in [0, 0.05) is 31.2 Å². The fourth-order valence-electron chi connectivity index (χ4n) is 2.84. The molecule has 146 valence electrons. The largest absolute Gasteiger partial charge is 0.477 e. The molecule has 0 bridgehead atoms. The summed E-state index contributed by atoms with van der Waals surface area (Å²) in [5.74, 6) is -1.80. The SMILES string of the molecule is CCOc1nc(N/C(C=N)=C(\C)NCCN2CC(F)(F)C2)nc2[nH]ccc12. The van der Waals surface area contributed by atoms with Crippen LogP contribution in [0.25, 0.3) is 11.0 Å². The van der Waals surface area contributed by atoms with Gasteiger partial charge in [-0.1, -0.05) is 0 Å². The maximum atomic E-state index is 12.8. The lowest BCUT2D eigenvalue weighted by Crippen LogP contribution is -2.57. The molecule has 3 heterocycles. The molecular weight excluding hydrogens is 356 g/mol. The third-order valence-electron chi connectivity index (χ3n) is 4.18. The molecule has 4 N–H and O–H groups in total. The van der Waals surface area contributed by atoms with Crippen LogP contribution in [0.2, 0.25) is 0 Å². The highest BCUT2D eigenvalue weighted by atomic mass is 19.3. The first-order valence-corrected chi connectivity index (χ1v) is 8.72. The van der Waals surface area contributed by atoms with E-state index in [-0.39, 0.29) is 13.1 Å². The van der Waals surface area contributed by atoms with Gasteiger partial charge in [-0.2, -0.15) is 9.97 Å². The Morgan fingerprint density at radius 2 is 2.22 bits per heavy atom. The summed E-state index contributed by atoms with van der Waals surface area (Å²) in [5, 5.41) is 14.6. The van der Waals surface area contributed by atoms with Gasteiger partial charge < -0.3 is 25.8 Å². The smallest absolute Gasteiger partial charge is 0.272 e. The minimum absolute atomic E-state index is 0.197. The highest BCUT2D eigenvalue weighted by molar-refractivity contribution is 5.84. The number of hydrogen-bond acceptors (Lipinski definition) is 7. The Hall–Kier alpha value is -2.75. The van der Waals surface area contributed by atoms with E-state index in [1.54, 1.807) is 18.0 Å². The predicted molar refractivity (Wildman–Crippen MR) is 99.6 cm³/mol. The molecule has 0 aromatic carbocycles. The molecule has 1 saturated heterocycles. The van der Waals surface area contributed by atoms with E-state index in [2.05, 4.69) is 25.6 Å². The number of H-pyrrole nitrogens is 1. The Morgan fingerprint density at radius 3 is 2.89 bits per heavy atom. The van der Waals surface area contributed by atoms with Crippen LogP contribution >= 0.6 is 0 Å². The summed E-state index contributed by atoms with van der Waals surface area (Å²) < 4.78 is 31.2. The van der Waals surface area contributed by atoms with Gasteiger partial charge in [0.05, 0.1) is 30.8 Å². The predicted octanol–water partition coefficient (Wildman–Crippen LogP) is 2.19. The minimum Gasteiger partial charge on any atom is -0.477 e. The zero-order valence-electron chi connectivity index (χ0n) is 15.3. The molecular formula is C17H23F2N7O. The van der Waals surface area contributed by atoms with Gasteiger partial charge in [-0.3, -0.25) is 4.90 Å². The van der Waals surface area contributed by atoms with Crippen LogP contribution in [-0.2, 0) is 0 Å². The Labute approximate surface area is 155 Å². The van der Waals surface area contributed by atoms with E-state index < -0.39 is 5.92 Å². The Morgan fingerprint density at radius 1 is 1.44 bits per heavy atom. The van der Waals surface area contributed by atoms with Crippen LogP contribution in [0.1, 0.15) is 13.8 Å². The van der Waals surface area contributed by atoms with E-state index in [4.69, 9.17) is 10.1 Å². The molecule has 1 aliphatic rings. The number of nitrogens with zero attached hydrogens (tertiary/aromatic N) is 3. The summed E-state index contributed by atoms with van der Waals surface area (Å²) in [6, 6.07) is 1.84. The molecule has 1 aliphatic heterocycles. The molecule has 0 saturated carbocycles. The Kier molecular flexibility index (Phi) is 5.54. The molecule has 0 radical (unpaired) electrons. The zero-order valence-corrected chi connectivity index (χ0v) is 15.3. The number of allylic oxidation sites excluding steroid dienone is 2. The van der Waals surface area contributed by atoms with Gasteiger partial charge in [0.15, 0.2) is 0 Å². The molecule has 0 atom stereocenters. The maximum Gasteiger partial charge on any atom is 0.272 e. The number of aromatic amines is 1. The third-order valence-corrected chi connectivity index (χ3v) is 4.18. The van der Waals surface area contributed by atoms with Crippen molar-refractivity contribution in [3.63, 3.8) is 0 Å². The first kappa shape index (κ1) is 19.0. The van der Waals surface area contributed by atoms with E-state index in [0.29, 0.717) is 48.6 Å². The number of fused-ring (bicyclic) bond motifs is 1. The van der Waals surface area contributed by atoms with E-state index in [1.807, 2.05) is 13.0 Å². The molecule has 27 heavy (non-hydrogen) atoms. The Bertz CT molecular complexity index is 841.